The fourth-order valence-corrected chi connectivity index (χ4v) is 2.05. The van der Waals surface area contributed by atoms with Gasteiger partial charge in [0.15, 0.2) is 0 Å². The van der Waals surface area contributed by atoms with Gasteiger partial charge in [-0.05, 0) is 42.3 Å². The van der Waals surface area contributed by atoms with E-state index in [9.17, 15) is 14.0 Å². The maximum absolute atomic E-state index is 13.1. The molecule has 0 aromatic heterocycles. The van der Waals surface area contributed by atoms with Gasteiger partial charge in [0, 0.05) is 24.7 Å². The van der Waals surface area contributed by atoms with Crippen molar-refractivity contribution in [3.63, 3.8) is 0 Å². The highest BCUT2D eigenvalue weighted by Crippen LogP contribution is 2.15. The Morgan fingerprint density at radius 3 is 2.36 bits per heavy atom. The first-order valence-corrected chi connectivity index (χ1v) is 6.95. The monoisotopic (exact) mass is 300 g/mol. The number of carbonyl (C=O) groups is 2. The summed E-state index contributed by atoms with van der Waals surface area (Å²) in [5.41, 5.74) is 2.01. The van der Waals surface area contributed by atoms with Crippen molar-refractivity contribution in [1.29, 1.82) is 0 Å². The van der Waals surface area contributed by atoms with Gasteiger partial charge >= 0.3 is 0 Å². The quantitative estimate of drug-likeness (QED) is 0.889. The van der Waals surface area contributed by atoms with E-state index in [-0.39, 0.29) is 24.1 Å². The molecule has 22 heavy (non-hydrogen) atoms. The van der Waals surface area contributed by atoms with Gasteiger partial charge in [0.2, 0.25) is 11.8 Å². The summed E-state index contributed by atoms with van der Waals surface area (Å²) in [7, 11) is 0. The Bertz CT molecular complexity index is 686. The lowest BCUT2D eigenvalue weighted by atomic mass is 10.1. The Morgan fingerprint density at radius 1 is 1.00 bits per heavy atom. The Balaban J connectivity index is 1.90. The van der Waals surface area contributed by atoms with Crippen LogP contribution in [0.25, 0.3) is 0 Å². The van der Waals surface area contributed by atoms with Gasteiger partial charge in [-0.25, -0.2) is 4.39 Å². The molecule has 2 aromatic rings. The van der Waals surface area contributed by atoms with Crippen molar-refractivity contribution in [2.45, 2.75) is 19.8 Å². The van der Waals surface area contributed by atoms with Crippen molar-refractivity contribution >= 4 is 23.2 Å². The molecule has 0 aliphatic carbocycles. The number of halogens is 1. The third kappa shape index (κ3) is 5.01. The van der Waals surface area contributed by atoms with E-state index in [1.165, 1.54) is 19.1 Å². The minimum absolute atomic E-state index is 0.163. The van der Waals surface area contributed by atoms with Gasteiger partial charge in [0.25, 0.3) is 0 Å². The number of rotatable bonds is 5. The molecule has 0 aliphatic heterocycles. The van der Waals surface area contributed by atoms with Crippen LogP contribution in [-0.2, 0) is 16.0 Å². The largest absolute Gasteiger partial charge is 0.326 e. The summed E-state index contributed by atoms with van der Waals surface area (Å²) in [6.45, 7) is 1.42. The molecule has 0 saturated heterocycles. The molecule has 4 nitrogen and oxygen atoms in total. The SMILES string of the molecule is CC(=O)Nc1cccc(NC(=O)CCc2cccc(F)c2)c1. The first-order valence-electron chi connectivity index (χ1n) is 6.95. The summed E-state index contributed by atoms with van der Waals surface area (Å²) in [6, 6.07) is 13.1. The third-order valence-corrected chi connectivity index (χ3v) is 3.00. The van der Waals surface area contributed by atoms with Crippen LogP contribution in [0.4, 0.5) is 15.8 Å². The van der Waals surface area contributed by atoms with Crippen molar-refractivity contribution in [2.75, 3.05) is 10.6 Å². The van der Waals surface area contributed by atoms with Crippen LogP contribution in [0, 0.1) is 5.82 Å². The first-order chi connectivity index (χ1) is 10.5. The molecule has 2 rings (SSSR count). The number of amides is 2. The zero-order valence-electron chi connectivity index (χ0n) is 12.2. The second kappa shape index (κ2) is 7.36. The average molecular weight is 300 g/mol. The molecule has 0 bridgehead atoms. The zero-order valence-corrected chi connectivity index (χ0v) is 12.2. The number of carbonyl (C=O) groups excluding carboxylic acids is 2. The summed E-state index contributed by atoms with van der Waals surface area (Å²) in [5, 5.41) is 5.41. The molecule has 114 valence electrons. The molecule has 2 N–H and O–H groups in total. The van der Waals surface area contributed by atoms with Crippen molar-refractivity contribution in [3.05, 3.63) is 59.9 Å². The summed E-state index contributed by atoms with van der Waals surface area (Å²) in [6.07, 6.45) is 0.725. The van der Waals surface area contributed by atoms with Crippen LogP contribution in [0.1, 0.15) is 18.9 Å². The van der Waals surface area contributed by atoms with Crippen LogP contribution in [0.2, 0.25) is 0 Å². The lowest BCUT2D eigenvalue weighted by molar-refractivity contribution is -0.116. The highest BCUT2D eigenvalue weighted by atomic mass is 19.1. The van der Waals surface area contributed by atoms with Gasteiger partial charge in [-0.1, -0.05) is 18.2 Å². The van der Waals surface area contributed by atoms with Crippen LogP contribution < -0.4 is 10.6 Å². The molecule has 2 aromatic carbocycles. The molecule has 2 amide bonds. The lowest BCUT2D eigenvalue weighted by Crippen LogP contribution is -2.13. The standard InChI is InChI=1S/C17H17FN2O2/c1-12(21)19-15-6-3-7-16(11-15)20-17(22)9-8-13-4-2-5-14(18)10-13/h2-7,10-11H,8-9H2,1H3,(H,19,21)(H,20,22). The fraction of sp³-hybridized carbons (Fsp3) is 0.176. The van der Waals surface area contributed by atoms with Gasteiger partial charge in [-0.2, -0.15) is 0 Å². The molecule has 0 saturated carbocycles. The topological polar surface area (TPSA) is 58.2 Å². The molecule has 5 heteroatoms. The highest BCUT2D eigenvalue weighted by molar-refractivity contribution is 5.93. The molecule has 0 atom stereocenters. The summed E-state index contributed by atoms with van der Waals surface area (Å²) >= 11 is 0. The molecular weight excluding hydrogens is 283 g/mol. The van der Waals surface area contributed by atoms with Crippen LogP contribution in [0.3, 0.4) is 0 Å². The van der Waals surface area contributed by atoms with Gasteiger partial charge in [-0.15, -0.1) is 0 Å². The smallest absolute Gasteiger partial charge is 0.224 e. The number of hydrogen-bond donors (Lipinski definition) is 2. The Morgan fingerprint density at radius 2 is 1.68 bits per heavy atom. The second-order valence-electron chi connectivity index (χ2n) is 4.94. The van der Waals surface area contributed by atoms with Crippen LogP contribution >= 0.6 is 0 Å². The van der Waals surface area contributed by atoms with E-state index in [2.05, 4.69) is 10.6 Å². The minimum Gasteiger partial charge on any atom is -0.326 e. The van der Waals surface area contributed by atoms with E-state index >= 15 is 0 Å². The van der Waals surface area contributed by atoms with Crippen LogP contribution in [-0.4, -0.2) is 11.8 Å². The van der Waals surface area contributed by atoms with Crippen molar-refractivity contribution in [3.8, 4) is 0 Å². The normalized spacial score (nSPS) is 10.1. The average Bonchev–Trinajstić information content (AvgIpc) is 2.45. The van der Waals surface area contributed by atoms with Crippen molar-refractivity contribution < 1.29 is 14.0 Å². The number of hydrogen-bond acceptors (Lipinski definition) is 2. The predicted octanol–water partition coefficient (Wildman–Crippen LogP) is 3.36. The summed E-state index contributed by atoms with van der Waals surface area (Å²) < 4.78 is 13.1. The number of aryl methyl sites for hydroxylation is 1. The van der Waals surface area contributed by atoms with E-state index in [1.807, 2.05) is 0 Å². The van der Waals surface area contributed by atoms with E-state index in [0.29, 0.717) is 17.8 Å². The number of nitrogens with one attached hydrogen (secondary N) is 2. The summed E-state index contributed by atoms with van der Waals surface area (Å²) in [4.78, 5) is 22.9. The maximum Gasteiger partial charge on any atom is 0.224 e. The van der Waals surface area contributed by atoms with Gasteiger partial charge < -0.3 is 10.6 Å². The lowest BCUT2D eigenvalue weighted by Gasteiger charge is -2.08. The van der Waals surface area contributed by atoms with Gasteiger partial charge in [-0.3, -0.25) is 9.59 Å². The third-order valence-electron chi connectivity index (χ3n) is 3.00. The van der Waals surface area contributed by atoms with Gasteiger partial charge in [0.1, 0.15) is 5.82 Å². The molecule has 0 spiro atoms. The van der Waals surface area contributed by atoms with E-state index in [0.717, 1.165) is 5.56 Å². The van der Waals surface area contributed by atoms with E-state index in [1.54, 1.807) is 36.4 Å². The van der Waals surface area contributed by atoms with E-state index < -0.39 is 0 Å². The first kappa shape index (κ1) is 15.7. The van der Waals surface area contributed by atoms with Gasteiger partial charge in [0.05, 0.1) is 0 Å². The second-order valence-corrected chi connectivity index (χ2v) is 4.94. The molecule has 0 fully saturated rings. The molecule has 0 heterocycles. The predicted molar refractivity (Wildman–Crippen MR) is 84.1 cm³/mol. The minimum atomic E-state index is -0.305. The molecular formula is C17H17FN2O2. The molecule has 0 aliphatic rings. The van der Waals surface area contributed by atoms with Crippen molar-refractivity contribution in [1.82, 2.24) is 0 Å². The Hall–Kier alpha value is -2.69. The zero-order chi connectivity index (χ0) is 15.9. The van der Waals surface area contributed by atoms with Crippen LogP contribution in [0.15, 0.2) is 48.5 Å². The maximum atomic E-state index is 13.1. The molecule has 0 unspecified atom stereocenters. The Kier molecular flexibility index (Phi) is 5.25. The fourth-order valence-electron chi connectivity index (χ4n) is 2.05. The molecule has 0 radical (unpaired) electrons. The van der Waals surface area contributed by atoms with E-state index in [4.69, 9.17) is 0 Å². The summed E-state index contributed by atoms with van der Waals surface area (Å²) in [5.74, 6) is -0.639. The van der Waals surface area contributed by atoms with Crippen LogP contribution in [0.5, 0.6) is 0 Å². The number of benzene rings is 2. The Labute approximate surface area is 128 Å². The van der Waals surface area contributed by atoms with Crippen molar-refractivity contribution in [2.24, 2.45) is 0 Å². The highest BCUT2D eigenvalue weighted by Gasteiger charge is 2.05. The number of anilines is 2.